The molecular weight excluding hydrogens is 224 g/mol. The number of hydrogen-bond acceptors (Lipinski definition) is 2. The summed E-state index contributed by atoms with van der Waals surface area (Å²) in [6.45, 7) is 1.77. The molecule has 0 spiro atoms. The van der Waals surface area contributed by atoms with Crippen molar-refractivity contribution in [3.63, 3.8) is 0 Å². The van der Waals surface area contributed by atoms with E-state index in [9.17, 15) is 5.11 Å². The summed E-state index contributed by atoms with van der Waals surface area (Å²) in [4.78, 5) is 0. The molecule has 0 aromatic heterocycles. The Morgan fingerprint density at radius 3 is 2.69 bits per heavy atom. The van der Waals surface area contributed by atoms with Crippen molar-refractivity contribution in [3.05, 3.63) is 28.3 Å². The first kappa shape index (κ1) is 11.7. The lowest BCUT2D eigenvalue weighted by molar-refractivity contribution is 0.195. The second kappa shape index (κ2) is 4.64. The maximum atomic E-state index is 9.37. The molecule has 1 aromatic rings. The Bertz CT molecular complexity index is 384. The topological polar surface area (TPSA) is 29.5 Å². The molecule has 88 valence electrons. The van der Waals surface area contributed by atoms with E-state index in [0.29, 0.717) is 12.3 Å². The van der Waals surface area contributed by atoms with Crippen LogP contribution in [-0.2, 0) is 6.42 Å². The maximum Gasteiger partial charge on any atom is 0.124 e. The van der Waals surface area contributed by atoms with Gasteiger partial charge in [-0.2, -0.15) is 0 Å². The molecule has 1 fully saturated rings. The Labute approximate surface area is 101 Å². The molecule has 1 saturated carbocycles. The van der Waals surface area contributed by atoms with Crippen molar-refractivity contribution >= 4 is 11.6 Å². The van der Waals surface area contributed by atoms with Crippen molar-refractivity contribution in [2.24, 2.45) is 0 Å². The van der Waals surface area contributed by atoms with Gasteiger partial charge in [-0.1, -0.05) is 11.6 Å². The second-order valence-electron chi connectivity index (χ2n) is 4.52. The third-order valence-electron chi connectivity index (χ3n) is 2.89. The van der Waals surface area contributed by atoms with Gasteiger partial charge in [0.05, 0.1) is 13.2 Å². The zero-order valence-corrected chi connectivity index (χ0v) is 10.4. The number of rotatable bonds is 4. The third-order valence-corrected chi connectivity index (χ3v) is 3.20. The molecule has 2 nitrogen and oxygen atoms in total. The molecule has 1 aliphatic rings. The summed E-state index contributed by atoms with van der Waals surface area (Å²) >= 11 is 6.27. The summed E-state index contributed by atoms with van der Waals surface area (Å²) in [7, 11) is 1.67. The standard InChI is InChI=1S/C13H17ClO2/c1-8(15)5-9-6-11(14)13(10-3-4-10)12(7-9)16-2/h6-8,10,15H,3-5H2,1-2H3. The van der Waals surface area contributed by atoms with Gasteiger partial charge < -0.3 is 9.84 Å². The minimum absolute atomic E-state index is 0.354. The van der Waals surface area contributed by atoms with Gasteiger partial charge in [-0.25, -0.2) is 0 Å². The molecule has 1 unspecified atom stereocenters. The minimum atomic E-state index is -0.354. The van der Waals surface area contributed by atoms with E-state index in [1.807, 2.05) is 12.1 Å². The molecular formula is C13H17ClO2. The van der Waals surface area contributed by atoms with Crippen LogP contribution in [0.3, 0.4) is 0 Å². The first-order valence-corrected chi connectivity index (χ1v) is 6.04. The molecule has 0 saturated heterocycles. The molecule has 1 aliphatic carbocycles. The van der Waals surface area contributed by atoms with Crippen LogP contribution in [0.4, 0.5) is 0 Å². The van der Waals surface area contributed by atoms with E-state index in [1.165, 1.54) is 12.8 Å². The summed E-state index contributed by atoms with van der Waals surface area (Å²) in [6, 6.07) is 3.94. The molecule has 3 heteroatoms. The van der Waals surface area contributed by atoms with E-state index < -0.39 is 0 Å². The molecule has 2 rings (SSSR count). The van der Waals surface area contributed by atoms with E-state index in [2.05, 4.69) is 0 Å². The fraction of sp³-hybridized carbons (Fsp3) is 0.538. The van der Waals surface area contributed by atoms with Gasteiger partial charge >= 0.3 is 0 Å². The summed E-state index contributed by atoms with van der Waals surface area (Å²) in [5.74, 6) is 1.44. The normalized spacial score (nSPS) is 17.2. The van der Waals surface area contributed by atoms with Crippen molar-refractivity contribution in [3.8, 4) is 5.75 Å². The predicted octanol–water partition coefficient (Wildman–Crippen LogP) is 3.15. The number of aliphatic hydroxyl groups is 1. The molecule has 0 radical (unpaired) electrons. The van der Waals surface area contributed by atoms with Crippen LogP contribution in [0.1, 0.15) is 36.8 Å². The quantitative estimate of drug-likeness (QED) is 0.876. The van der Waals surface area contributed by atoms with Gasteiger partial charge in [0.1, 0.15) is 5.75 Å². The fourth-order valence-electron chi connectivity index (χ4n) is 2.04. The Kier molecular flexibility index (Phi) is 3.41. The molecule has 0 amide bonds. The Morgan fingerprint density at radius 2 is 2.19 bits per heavy atom. The van der Waals surface area contributed by atoms with Crippen LogP contribution < -0.4 is 4.74 Å². The molecule has 16 heavy (non-hydrogen) atoms. The molecule has 1 atom stereocenters. The molecule has 0 bridgehead atoms. The molecule has 0 aliphatic heterocycles. The van der Waals surface area contributed by atoms with E-state index in [0.717, 1.165) is 21.9 Å². The van der Waals surface area contributed by atoms with Crippen molar-refractivity contribution in [1.29, 1.82) is 0 Å². The van der Waals surface area contributed by atoms with Crippen LogP contribution in [-0.4, -0.2) is 18.3 Å². The summed E-state index contributed by atoms with van der Waals surface area (Å²) in [5, 5.41) is 10.1. The lowest BCUT2D eigenvalue weighted by Gasteiger charge is -2.13. The van der Waals surface area contributed by atoms with Gasteiger partial charge in [-0.3, -0.25) is 0 Å². The largest absolute Gasteiger partial charge is 0.496 e. The number of aliphatic hydroxyl groups excluding tert-OH is 1. The van der Waals surface area contributed by atoms with Crippen LogP contribution in [0.15, 0.2) is 12.1 Å². The molecule has 1 aromatic carbocycles. The minimum Gasteiger partial charge on any atom is -0.496 e. The van der Waals surface area contributed by atoms with Crippen LogP contribution in [0.2, 0.25) is 5.02 Å². The highest BCUT2D eigenvalue weighted by molar-refractivity contribution is 6.31. The average molecular weight is 241 g/mol. The molecule has 1 N–H and O–H groups in total. The Hall–Kier alpha value is -0.730. The summed E-state index contributed by atoms with van der Waals surface area (Å²) in [6.07, 6.45) is 2.66. The van der Waals surface area contributed by atoms with Gasteiger partial charge in [0, 0.05) is 10.6 Å². The van der Waals surface area contributed by atoms with Crippen molar-refractivity contribution < 1.29 is 9.84 Å². The smallest absolute Gasteiger partial charge is 0.124 e. The van der Waals surface area contributed by atoms with E-state index in [4.69, 9.17) is 16.3 Å². The number of methoxy groups -OCH3 is 1. The van der Waals surface area contributed by atoms with Gasteiger partial charge in [0.25, 0.3) is 0 Å². The maximum absolute atomic E-state index is 9.37. The monoisotopic (exact) mass is 240 g/mol. The van der Waals surface area contributed by atoms with Gasteiger partial charge in [-0.05, 0) is 49.8 Å². The summed E-state index contributed by atoms with van der Waals surface area (Å²) < 4.78 is 5.38. The SMILES string of the molecule is COc1cc(CC(C)O)cc(Cl)c1C1CC1. The van der Waals surface area contributed by atoms with Crippen LogP contribution in [0.25, 0.3) is 0 Å². The number of halogens is 1. The third kappa shape index (κ3) is 2.50. The first-order chi connectivity index (χ1) is 7.61. The highest BCUT2D eigenvalue weighted by Crippen LogP contribution is 2.48. The van der Waals surface area contributed by atoms with Gasteiger partial charge in [0.15, 0.2) is 0 Å². The van der Waals surface area contributed by atoms with Crippen molar-refractivity contribution in [2.75, 3.05) is 7.11 Å². The van der Waals surface area contributed by atoms with Gasteiger partial charge in [-0.15, -0.1) is 0 Å². The van der Waals surface area contributed by atoms with E-state index >= 15 is 0 Å². The van der Waals surface area contributed by atoms with Crippen molar-refractivity contribution in [1.82, 2.24) is 0 Å². The number of benzene rings is 1. The lowest BCUT2D eigenvalue weighted by Crippen LogP contribution is -2.05. The fourth-order valence-corrected chi connectivity index (χ4v) is 2.43. The highest BCUT2D eigenvalue weighted by Gasteiger charge is 2.29. The first-order valence-electron chi connectivity index (χ1n) is 5.66. The van der Waals surface area contributed by atoms with Crippen LogP contribution in [0.5, 0.6) is 5.75 Å². The number of ether oxygens (including phenoxy) is 1. The Balaban J connectivity index is 2.34. The zero-order chi connectivity index (χ0) is 11.7. The second-order valence-corrected chi connectivity index (χ2v) is 4.93. The zero-order valence-electron chi connectivity index (χ0n) is 9.66. The Morgan fingerprint density at radius 1 is 1.50 bits per heavy atom. The highest BCUT2D eigenvalue weighted by atomic mass is 35.5. The van der Waals surface area contributed by atoms with Crippen molar-refractivity contribution in [2.45, 2.75) is 38.2 Å². The van der Waals surface area contributed by atoms with Gasteiger partial charge in [0.2, 0.25) is 0 Å². The predicted molar refractivity (Wildman–Crippen MR) is 65.4 cm³/mol. The summed E-state index contributed by atoms with van der Waals surface area (Å²) in [5.41, 5.74) is 2.17. The lowest BCUT2D eigenvalue weighted by atomic mass is 10.0. The van der Waals surface area contributed by atoms with Crippen LogP contribution >= 0.6 is 11.6 Å². The van der Waals surface area contributed by atoms with E-state index in [-0.39, 0.29) is 6.10 Å². The van der Waals surface area contributed by atoms with Crippen LogP contribution in [0, 0.1) is 0 Å². The number of hydrogen-bond donors (Lipinski definition) is 1. The van der Waals surface area contributed by atoms with E-state index in [1.54, 1.807) is 14.0 Å². The average Bonchev–Trinajstić information content (AvgIpc) is 2.99. The molecule has 0 heterocycles.